The summed E-state index contributed by atoms with van der Waals surface area (Å²) in [6.07, 6.45) is 9.19. The lowest BCUT2D eigenvalue weighted by Gasteiger charge is -2.01. The Morgan fingerprint density at radius 3 is 2.33 bits per heavy atom. The fourth-order valence-corrected chi connectivity index (χ4v) is 1.28. The van der Waals surface area contributed by atoms with Crippen molar-refractivity contribution in [2.75, 3.05) is 13.2 Å². The third kappa shape index (κ3) is 14.1. The van der Waals surface area contributed by atoms with E-state index in [9.17, 15) is 9.59 Å². The fraction of sp³-hybridized carbons (Fsp3) is 0.500. The fourth-order valence-electron chi connectivity index (χ4n) is 1.28. The standard InChI is InChI=1S/C10H18N2O.C4H4O4/c1-2-3-6-13-7-4-5-10-8-11-9-12-10;5-3(6)1-2-4(7)8/h8-9H,2-7H2,1H3,(H,11,12);1-2H,(H,5,6)(H,7,8)/b;2-1-. The minimum absolute atomic E-state index is 0.558. The summed E-state index contributed by atoms with van der Waals surface area (Å²) < 4.78 is 5.44. The molecule has 1 heterocycles. The third-order valence-corrected chi connectivity index (χ3v) is 2.30. The normalized spacial score (nSPS) is 10.1. The van der Waals surface area contributed by atoms with E-state index >= 15 is 0 Å². The number of imidazole rings is 1. The first-order chi connectivity index (χ1) is 10.1. The molecular formula is C14H22N2O5. The van der Waals surface area contributed by atoms with Crippen molar-refractivity contribution in [2.24, 2.45) is 0 Å². The molecule has 1 aromatic heterocycles. The van der Waals surface area contributed by atoms with Gasteiger partial charge in [0.2, 0.25) is 0 Å². The zero-order chi connectivity index (χ0) is 15.9. The number of rotatable bonds is 9. The van der Waals surface area contributed by atoms with Crippen LogP contribution in [0.25, 0.3) is 0 Å². The summed E-state index contributed by atoms with van der Waals surface area (Å²) in [5, 5.41) is 15.6. The molecule has 21 heavy (non-hydrogen) atoms. The summed E-state index contributed by atoms with van der Waals surface area (Å²) in [5.74, 6) is -2.51. The van der Waals surface area contributed by atoms with Crippen LogP contribution in [0, 0.1) is 0 Å². The van der Waals surface area contributed by atoms with Gasteiger partial charge in [0.25, 0.3) is 0 Å². The molecule has 0 aromatic carbocycles. The molecule has 0 atom stereocenters. The lowest BCUT2D eigenvalue weighted by Crippen LogP contribution is -1.98. The van der Waals surface area contributed by atoms with Crippen LogP contribution in [-0.2, 0) is 20.7 Å². The van der Waals surface area contributed by atoms with Crippen LogP contribution in [-0.4, -0.2) is 45.3 Å². The second-order valence-corrected chi connectivity index (χ2v) is 4.16. The van der Waals surface area contributed by atoms with Gasteiger partial charge in [-0.1, -0.05) is 13.3 Å². The highest BCUT2D eigenvalue weighted by Gasteiger charge is 1.93. The Labute approximate surface area is 123 Å². The summed E-state index contributed by atoms with van der Waals surface area (Å²) in [6.45, 7) is 3.94. The second kappa shape index (κ2) is 12.9. The zero-order valence-corrected chi connectivity index (χ0v) is 12.1. The van der Waals surface area contributed by atoms with Gasteiger partial charge in [-0.3, -0.25) is 0 Å². The number of aromatic nitrogens is 2. The number of carboxylic acids is 2. The summed E-state index contributed by atoms with van der Waals surface area (Å²) in [5.41, 5.74) is 1.19. The van der Waals surface area contributed by atoms with E-state index in [2.05, 4.69) is 16.9 Å². The average molecular weight is 298 g/mol. The molecule has 0 saturated carbocycles. The first-order valence-electron chi connectivity index (χ1n) is 6.75. The van der Waals surface area contributed by atoms with Crippen LogP contribution < -0.4 is 0 Å². The molecule has 0 radical (unpaired) electrons. The number of ether oxygens (including phenoxy) is 1. The largest absolute Gasteiger partial charge is 0.478 e. The molecule has 0 spiro atoms. The van der Waals surface area contributed by atoms with Crippen LogP contribution in [0.15, 0.2) is 24.7 Å². The van der Waals surface area contributed by atoms with Crippen molar-refractivity contribution in [1.29, 1.82) is 0 Å². The molecule has 7 nitrogen and oxygen atoms in total. The molecule has 118 valence electrons. The lowest BCUT2D eigenvalue weighted by molar-refractivity contribution is -0.134. The minimum Gasteiger partial charge on any atom is -0.478 e. The van der Waals surface area contributed by atoms with E-state index in [0.717, 1.165) is 26.1 Å². The number of H-pyrrole nitrogens is 1. The first-order valence-corrected chi connectivity index (χ1v) is 6.75. The quantitative estimate of drug-likeness (QED) is 0.474. The number of nitrogens with zero attached hydrogens (tertiary/aromatic N) is 1. The molecule has 3 N–H and O–H groups in total. The summed E-state index contributed by atoms with van der Waals surface area (Å²) in [4.78, 5) is 26.1. The predicted molar refractivity (Wildman–Crippen MR) is 77.0 cm³/mol. The van der Waals surface area contributed by atoms with E-state index in [1.54, 1.807) is 6.33 Å². The Balaban J connectivity index is 0.000000433. The maximum absolute atomic E-state index is 9.55. The molecule has 0 aliphatic heterocycles. The Hall–Kier alpha value is -2.15. The van der Waals surface area contributed by atoms with Crippen molar-refractivity contribution in [3.05, 3.63) is 30.4 Å². The number of hydrogen-bond donors (Lipinski definition) is 3. The van der Waals surface area contributed by atoms with E-state index in [0.29, 0.717) is 12.2 Å². The van der Waals surface area contributed by atoms with Crippen LogP contribution in [0.5, 0.6) is 0 Å². The van der Waals surface area contributed by atoms with Crippen LogP contribution in [0.3, 0.4) is 0 Å². The highest BCUT2D eigenvalue weighted by atomic mass is 16.5. The molecule has 0 amide bonds. The van der Waals surface area contributed by atoms with Gasteiger partial charge in [0, 0.05) is 37.3 Å². The second-order valence-electron chi connectivity index (χ2n) is 4.16. The van der Waals surface area contributed by atoms with Crippen LogP contribution in [0.4, 0.5) is 0 Å². The molecule has 0 fully saturated rings. The molecule has 0 aliphatic carbocycles. The van der Waals surface area contributed by atoms with E-state index in [4.69, 9.17) is 14.9 Å². The van der Waals surface area contributed by atoms with Gasteiger partial charge in [0.1, 0.15) is 0 Å². The van der Waals surface area contributed by atoms with Crippen LogP contribution in [0.2, 0.25) is 0 Å². The third-order valence-electron chi connectivity index (χ3n) is 2.30. The van der Waals surface area contributed by atoms with Crippen molar-refractivity contribution in [3.63, 3.8) is 0 Å². The Morgan fingerprint density at radius 1 is 1.24 bits per heavy atom. The Kier molecular flexibility index (Phi) is 11.5. The molecular weight excluding hydrogens is 276 g/mol. The summed E-state index contributed by atoms with van der Waals surface area (Å²) in [7, 11) is 0. The molecule has 7 heteroatoms. The monoisotopic (exact) mass is 298 g/mol. The first kappa shape index (κ1) is 18.9. The van der Waals surface area contributed by atoms with Gasteiger partial charge in [-0.2, -0.15) is 0 Å². The molecule has 1 aromatic rings. The smallest absolute Gasteiger partial charge is 0.328 e. The number of carbonyl (C=O) groups is 2. The van der Waals surface area contributed by atoms with Gasteiger partial charge >= 0.3 is 11.9 Å². The maximum Gasteiger partial charge on any atom is 0.328 e. The van der Waals surface area contributed by atoms with Gasteiger partial charge in [-0.05, 0) is 19.3 Å². The summed E-state index contributed by atoms with van der Waals surface area (Å²) in [6, 6.07) is 0. The molecule has 0 unspecified atom stereocenters. The number of aliphatic carboxylic acids is 2. The number of hydrogen-bond acceptors (Lipinski definition) is 4. The Bertz CT molecular complexity index is 399. The van der Waals surface area contributed by atoms with Crippen molar-refractivity contribution in [1.82, 2.24) is 9.97 Å². The lowest BCUT2D eigenvalue weighted by atomic mass is 10.2. The average Bonchev–Trinajstić information content (AvgIpc) is 2.94. The topological polar surface area (TPSA) is 113 Å². The van der Waals surface area contributed by atoms with Gasteiger partial charge in [0.15, 0.2) is 0 Å². The van der Waals surface area contributed by atoms with Crippen molar-refractivity contribution >= 4 is 11.9 Å². The van der Waals surface area contributed by atoms with Crippen LogP contribution in [0.1, 0.15) is 31.9 Å². The number of aromatic amines is 1. The molecule has 0 bridgehead atoms. The number of unbranched alkanes of at least 4 members (excludes halogenated alkanes) is 1. The van der Waals surface area contributed by atoms with E-state index in [-0.39, 0.29) is 0 Å². The van der Waals surface area contributed by atoms with Crippen molar-refractivity contribution in [2.45, 2.75) is 32.6 Å². The molecule has 1 rings (SSSR count). The van der Waals surface area contributed by atoms with Gasteiger partial charge in [-0.15, -0.1) is 0 Å². The number of carboxylic acid groups (broad SMARTS) is 2. The predicted octanol–water partition coefficient (Wildman–Crippen LogP) is 1.87. The zero-order valence-electron chi connectivity index (χ0n) is 12.1. The number of aryl methyl sites for hydroxylation is 1. The molecule has 0 aliphatic rings. The SMILES string of the molecule is CCCCOCCCc1cnc[nH]1.O=C(O)/C=C\C(=O)O. The van der Waals surface area contributed by atoms with Crippen LogP contribution >= 0.6 is 0 Å². The van der Waals surface area contributed by atoms with Crippen molar-refractivity contribution < 1.29 is 24.5 Å². The maximum atomic E-state index is 9.55. The molecule has 0 saturated heterocycles. The van der Waals surface area contributed by atoms with E-state index in [1.807, 2.05) is 6.20 Å². The van der Waals surface area contributed by atoms with Crippen molar-refractivity contribution in [3.8, 4) is 0 Å². The Morgan fingerprint density at radius 2 is 1.86 bits per heavy atom. The number of nitrogens with one attached hydrogen (secondary N) is 1. The van der Waals surface area contributed by atoms with E-state index < -0.39 is 11.9 Å². The van der Waals surface area contributed by atoms with E-state index in [1.165, 1.54) is 18.5 Å². The summed E-state index contributed by atoms with van der Waals surface area (Å²) >= 11 is 0. The van der Waals surface area contributed by atoms with Gasteiger partial charge in [-0.25, -0.2) is 14.6 Å². The minimum atomic E-state index is -1.26. The van der Waals surface area contributed by atoms with Gasteiger partial charge < -0.3 is 19.9 Å². The highest BCUT2D eigenvalue weighted by molar-refractivity contribution is 5.89. The van der Waals surface area contributed by atoms with Gasteiger partial charge in [0.05, 0.1) is 6.33 Å². The highest BCUT2D eigenvalue weighted by Crippen LogP contribution is 1.97.